The first-order chi connectivity index (χ1) is 8.70. The highest BCUT2D eigenvalue weighted by Gasteiger charge is 2.31. The molecule has 0 heterocycles. The quantitative estimate of drug-likeness (QED) is 0.871. The van der Waals surface area contributed by atoms with E-state index in [-0.39, 0.29) is 24.1 Å². The first-order valence-corrected chi connectivity index (χ1v) is 6.44. The Balaban J connectivity index is 0.00000180. The van der Waals surface area contributed by atoms with Crippen LogP contribution in [0.15, 0.2) is 24.3 Å². The molecule has 0 saturated heterocycles. The Morgan fingerprint density at radius 3 is 2.74 bits per heavy atom. The maximum absolute atomic E-state index is 13.0. The Kier molecular flexibility index (Phi) is 6.25. The Morgan fingerprint density at radius 2 is 2.16 bits per heavy atom. The molecule has 0 aliphatic heterocycles. The number of halogens is 2. The van der Waals surface area contributed by atoms with Gasteiger partial charge in [0.1, 0.15) is 5.82 Å². The second kappa shape index (κ2) is 7.46. The van der Waals surface area contributed by atoms with Crippen LogP contribution in [0, 0.1) is 5.82 Å². The van der Waals surface area contributed by atoms with Crippen LogP contribution >= 0.6 is 12.4 Å². The van der Waals surface area contributed by atoms with Crippen LogP contribution in [-0.4, -0.2) is 29.9 Å². The van der Waals surface area contributed by atoms with Crippen molar-refractivity contribution in [2.75, 3.05) is 13.1 Å². The summed E-state index contributed by atoms with van der Waals surface area (Å²) >= 11 is 0. The minimum absolute atomic E-state index is 0. The molecular weight excluding hydrogens is 267 g/mol. The van der Waals surface area contributed by atoms with E-state index in [0.29, 0.717) is 32.0 Å². The molecule has 0 atom stereocenters. The SMILES string of the molecule is Cl.NCCC(=O)N(CCc1cccc(F)c1)C1CC1. The van der Waals surface area contributed by atoms with Crippen molar-refractivity contribution < 1.29 is 9.18 Å². The van der Waals surface area contributed by atoms with Gasteiger partial charge in [-0.05, 0) is 37.0 Å². The van der Waals surface area contributed by atoms with E-state index >= 15 is 0 Å². The van der Waals surface area contributed by atoms with Crippen LogP contribution in [0.5, 0.6) is 0 Å². The molecule has 5 heteroatoms. The molecule has 2 rings (SSSR count). The summed E-state index contributed by atoms with van der Waals surface area (Å²) in [6.07, 6.45) is 3.27. The summed E-state index contributed by atoms with van der Waals surface area (Å²) in [7, 11) is 0. The van der Waals surface area contributed by atoms with Gasteiger partial charge in [-0.15, -0.1) is 12.4 Å². The number of hydrogen-bond donors (Lipinski definition) is 1. The topological polar surface area (TPSA) is 46.3 Å². The molecule has 0 aromatic heterocycles. The number of carbonyl (C=O) groups is 1. The van der Waals surface area contributed by atoms with E-state index < -0.39 is 0 Å². The van der Waals surface area contributed by atoms with Crippen molar-refractivity contribution >= 4 is 18.3 Å². The maximum Gasteiger partial charge on any atom is 0.224 e. The summed E-state index contributed by atoms with van der Waals surface area (Å²) in [4.78, 5) is 13.8. The Labute approximate surface area is 119 Å². The lowest BCUT2D eigenvalue weighted by molar-refractivity contribution is -0.131. The van der Waals surface area contributed by atoms with Crippen LogP contribution in [0.3, 0.4) is 0 Å². The van der Waals surface area contributed by atoms with E-state index in [1.54, 1.807) is 6.07 Å². The summed E-state index contributed by atoms with van der Waals surface area (Å²) in [5.41, 5.74) is 6.35. The van der Waals surface area contributed by atoms with Crippen LogP contribution in [0.2, 0.25) is 0 Å². The molecule has 1 aromatic rings. The third-order valence-corrected chi connectivity index (χ3v) is 3.20. The lowest BCUT2D eigenvalue weighted by Crippen LogP contribution is -2.35. The van der Waals surface area contributed by atoms with E-state index in [1.807, 2.05) is 11.0 Å². The van der Waals surface area contributed by atoms with Crippen LogP contribution in [0.1, 0.15) is 24.8 Å². The monoisotopic (exact) mass is 286 g/mol. The summed E-state index contributed by atoms with van der Waals surface area (Å²) in [5.74, 6) is -0.102. The number of amides is 1. The summed E-state index contributed by atoms with van der Waals surface area (Å²) in [6, 6.07) is 6.94. The van der Waals surface area contributed by atoms with Crippen LogP contribution in [-0.2, 0) is 11.2 Å². The van der Waals surface area contributed by atoms with Gasteiger partial charge in [0, 0.05) is 25.6 Å². The Hall–Kier alpha value is -1.13. The van der Waals surface area contributed by atoms with Gasteiger partial charge in [-0.1, -0.05) is 12.1 Å². The third kappa shape index (κ3) is 4.80. The lowest BCUT2D eigenvalue weighted by Gasteiger charge is -2.22. The van der Waals surface area contributed by atoms with Crippen molar-refractivity contribution in [2.24, 2.45) is 5.73 Å². The van der Waals surface area contributed by atoms with Crippen molar-refractivity contribution in [3.63, 3.8) is 0 Å². The smallest absolute Gasteiger partial charge is 0.224 e. The number of hydrogen-bond acceptors (Lipinski definition) is 2. The van der Waals surface area contributed by atoms with E-state index in [4.69, 9.17) is 5.73 Å². The Morgan fingerprint density at radius 1 is 1.42 bits per heavy atom. The summed E-state index contributed by atoms with van der Waals surface area (Å²) in [5, 5.41) is 0. The fourth-order valence-electron chi connectivity index (χ4n) is 2.11. The molecule has 106 valence electrons. The molecule has 0 bridgehead atoms. The number of carbonyl (C=O) groups excluding carboxylic acids is 1. The average Bonchev–Trinajstić information content (AvgIpc) is 3.14. The van der Waals surface area contributed by atoms with Gasteiger partial charge in [0.05, 0.1) is 0 Å². The third-order valence-electron chi connectivity index (χ3n) is 3.20. The summed E-state index contributed by atoms with van der Waals surface area (Å²) < 4.78 is 13.0. The zero-order valence-electron chi connectivity index (χ0n) is 10.8. The zero-order chi connectivity index (χ0) is 13.0. The minimum Gasteiger partial charge on any atom is -0.339 e. The van der Waals surface area contributed by atoms with Gasteiger partial charge in [0.25, 0.3) is 0 Å². The second-order valence-electron chi connectivity index (χ2n) is 4.74. The molecule has 0 unspecified atom stereocenters. The second-order valence-corrected chi connectivity index (χ2v) is 4.74. The first kappa shape index (κ1) is 15.9. The molecule has 1 aromatic carbocycles. The molecular formula is C14H20ClFN2O. The molecule has 0 radical (unpaired) electrons. The predicted molar refractivity (Wildman–Crippen MR) is 75.8 cm³/mol. The summed E-state index contributed by atoms with van der Waals surface area (Å²) in [6.45, 7) is 1.05. The molecule has 1 saturated carbocycles. The van der Waals surface area contributed by atoms with Crippen molar-refractivity contribution in [3.8, 4) is 0 Å². The van der Waals surface area contributed by atoms with Crippen LogP contribution in [0.4, 0.5) is 4.39 Å². The van der Waals surface area contributed by atoms with E-state index in [9.17, 15) is 9.18 Å². The molecule has 3 nitrogen and oxygen atoms in total. The van der Waals surface area contributed by atoms with Crippen LogP contribution < -0.4 is 5.73 Å². The largest absolute Gasteiger partial charge is 0.339 e. The van der Waals surface area contributed by atoms with Crippen molar-refractivity contribution in [1.29, 1.82) is 0 Å². The van der Waals surface area contributed by atoms with Gasteiger partial charge in [0.15, 0.2) is 0 Å². The molecule has 1 amide bonds. The van der Waals surface area contributed by atoms with E-state index in [1.165, 1.54) is 12.1 Å². The van der Waals surface area contributed by atoms with Crippen molar-refractivity contribution in [2.45, 2.75) is 31.7 Å². The minimum atomic E-state index is -0.223. The molecule has 2 N–H and O–H groups in total. The average molecular weight is 287 g/mol. The highest BCUT2D eigenvalue weighted by atomic mass is 35.5. The fraction of sp³-hybridized carbons (Fsp3) is 0.500. The number of nitrogens with zero attached hydrogens (tertiary/aromatic N) is 1. The highest BCUT2D eigenvalue weighted by molar-refractivity contribution is 5.85. The molecule has 1 aliphatic carbocycles. The van der Waals surface area contributed by atoms with Gasteiger partial charge in [-0.25, -0.2) is 4.39 Å². The predicted octanol–water partition coefficient (Wildman–Crippen LogP) is 2.13. The van der Waals surface area contributed by atoms with Gasteiger partial charge in [0.2, 0.25) is 5.91 Å². The fourth-order valence-corrected chi connectivity index (χ4v) is 2.11. The number of nitrogens with two attached hydrogens (primary N) is 1. The van der Waals surface area contributed by atoms with Gasteiger partial charge >= 0.3 is 0 Å². The van der Waals surface area contributed by atoms with Crippen molar-refractivity contribution in [3.05, 3.63) is 35.6 Å². The number of benzene rings is 1. The molecule has 1 aliphatic rings. The Bertz CT molecular complexity index is 424. The maximum atomic E-state index is 13.0. The van der Waals surface area contributed by atoms with Gasteiger partial charge in [-0.2, -0.15) is 0 Å². The van der Waals surface area contributed by atoms with Gasteiger partial charge in [-0.3, -0.25) is 4.79 Å². The van der Waals surface area contributed by atoms with E-state index in [2.05, 4.69) is 0 Å². The first-order valence-electron chi connectivity index (χ1n) is 6.44. The zero-order valence-corrected chi connectivity index (χ0v) is 11.7. The molecule has 1 fully saturated rings. The highest BCUT2D eigenvalue weighted by Crippen LogP contribution is 2.27. The van der Waals surface area contributed by atoms with Gasteiger partial charge < -0.3 is 10.6 Å². The standard InChI is InChI=1S/C14H19FN2O.ClH/c15-12-3-1-2-11(10-12)7-9-17(13-4-5-13)14(18)6-8-16;/h1-3,10,13H,4-9,16H2;1H. The van der Waals surface area contributed by atoms with Crippen molar-refractivity contribution in [1.82, 2.24) is 4.90 Å². The lowest BCUT2D eigenvalue weighted by atomic mass is 10.1. The van der Waals surface area contributed by atoms with Crippen LogP contribution in [0.25, 0.3) is 0 Å². The molecule has 19 heavy (non-hydrogen) atoms. The normalized spacial score (nSPS) is 13.8. The molecule has 0 spiro atoms. The number of rotatable bonds is 6. The van der Waals surface area contributed by atoms with E-state index in [0.717, 1.165) is 18.4 Å².